The summed E-state index contributed by atoms with van der Waals surface area (Å²) in [5, 5.41) is 7.18. The minimum Gasteiger partial charge on any atom is -0.495 e. The predicted octanol–water partition coefficient (Wildman–Crippen LogP) is 4.07. The molecule has 0 aliphatic carbocycles. The van der Waals surface area contributed by atoms with Crippen LogP contribution in [0.2, 0.25) is 0 Å². The highest BCUT2D eigenvalue weighted by atomic mass is 32.2. The van der Waals surface area contributed by atoms with Crippen LogP contribution in [0.1, 0.15) is 47.2 Å². The number of benzene rings is 2. The van der Waals surface area contributed by atoms with Gasteiger partial charge in [0.2, 0.25) is 10.0 Å². The Morgan fingerprint density at radius 3 is 2.53 bits per heavy atom. The summed E-state index contributed by atoms with van der Waals surface area (Å²) in [6, 6.07) is 14.3. The highest BCUT2D eigenvalue weighted by Gasteiger charge is 2.29. The topological polar surface area (TPSA) is 93.5 Å². The van der Waals surface area contributed by atoms with Gasteiger partial charge in [0, 0.05) is 24.7 Å². The molecule has 0 unspecified atom stereocenters. The number of hydrogen-bond donors (Lipinski definition) is 1. The summed E-state index contributed by atoms with van der Waals surface area (Å²) < 4.78 is 35.3. The summed E-state index contributed by atoms with van der Waals surface area (Å²) >= 11 is 0. The van der Waals surface area contributed by atoms with Crippen molar-refractivity contribution in [2.24, 2.45) is 0 Å². The third kappa shape index (κ3) is 5.31. The van der Waals surface area contributed by atoms with Crippen LogP contribution in [0, 0.1) is 6.92 Å². The highest BCUT2D eigenvalue weighted by molar-refractivity contribution is 7.89. The first-order chi connectivity index (χ1) is 16.4. The molecule has 1 aliphatic heterocycles. The van der Waals surface area contributed by atoms with Crippen LogP contribution in [0.4, 0.5) is 5.82 Å². The molecule has 34 heavy (non-hydrogen) atoms. The third-order valence-electron chi connectivity index (χ3n) is 5.98. The number of ether oxygens (including phenoxy) is 1. The molecular formula is C25H30N4O4S. The number of nitrogens with zero attached hydrogens (tertiary/aromatic N) is 3. The van der Waals surface area contributed by atoms with E-state index in [0.717, 1.165) is 36.8 Å². The summed E-state index contributed by atoms with van der Waals surface area (Å²) in [7, 11) is -2.36. The van der Waals surface area contributed by atoms with Crippen LogP contribution >= 0.6 is 0 Å². The molecule has 1 aliphatic rings. The van der Waals surface area contributed by atoms with Crippen LogP contribution in [0.3, 0.4) is 0 Å². The van der Waals surface area contributed by atoms with Gasteiger partial charge < -0.3 is 10.1 Å². The molecule has 9 heteroatoms. The third-order valence-corrected chi connectivity index (χ3v) is 7.90. The largest absolute Gasteiger partial charge is 0.495 e. The quantitative estimate of drug-likeness (QED) is 0.548. The van der Waals surface area contributed by atoms with Crippen LogP contribution in [-0.2, 0) is 16.6 Å². The molecule has 180 valence electrons. The lowest BCUT2D eigenvalue weighted by molar-refractivity contribution is 0.102. The molecule has 1 fully saturated rings. The molecule has 0 spiro atoms. The van der Waals surface area contributed by atoms with Gasteiger partial charge in [0.25, 0.3) is 5.91 Å². The van der Waals surface area contributed by atoms with Crippen molar-refractivity contribution >= 4 is 21.7 Å². The minimum absolute atomic E-state index is 0.0119. The van der Waals surface area contributed by atoms with Crippen LogP contribution in [0.15, 0.2) is 59.6 Å². The van der Waals surface area contributed by atoms with Gasteiger partial charge in [-0.3, -0.25) is 4.79 Å². The van der Waals surface area contributed by atoms with E-state index in [1.807, 2.05) is 25.1 Å². The molecule has 3 aromatic rings. The fourth-order valence-corrected chi connectivity index (χ4v) is 5.88. The zero-order chi connectivity index (χ0) is 24.1. The van der Waals surface area contributed by atoms with E-state index < -0.39 is 15.9 Å². The normalized spacial score (nSPS) is 15.0. The van der Waals surface area contributed by atoms with Crippen molar-refractivity contribution in [3.63, 3.8) is 0 Å². The van der Waals surface area contributed by atoms with E-state index in [9.17, 15) is 13.2 Å². The van der Waals surface area contributed by atoms with Gasteiger partial charge in [0.1, 0.15) is 16.5 Å². The first-order valence-corrected chi connectivity index (χ1v) is 12.9. The molecule has 0 saturated carbocycles. The molecule has 0 bridgehead atoms. The number of hydrogen-bond acceptors (Lipinski definition) is 5. The van der Waals surface area contributed by atoms with Crippen molar-refractivity contribution in [3.05, 3.63) is 71.4 Å². The van der Waals surface area contributed by atoms with Crippen LogP contribution in [0.25, 0.3) is 0 Å². The van der Waals surface area contributed by atoms with E-state index >= 15 is 0 Å². The summed E-state index contributed by atoms with van der Waals surface area (Å²) in [5.74, 6) is 0.338. The van der Waals surface area contributed by atoms with E-state index in [-0.39, 0.29) is 16.2 Å². The number of nitrogens with one attached hydrogen (secondary N) is 1. The van der Waals surface area contributed by atoms with Gasteiger partial charge in [-0.05, 0) is 43.5 Å². The summed E-state index contributed by atoms with van der Waals surface area (Å²) in [4.78, 5) is 13.1. The second kappa shape index (κ2) is 10.4. The second-order valence-corrected chi connectivity index (χ2v) is 10.4. The zero-order valence-electron chi connectivity index (χ0n) is 19.5. The van der Waals surface area contributed by atoms with E-state index in [1.54, 1.807) is 23.0 Å². The molecule has 8 nitrogen and oxygen atoms in total. The van der Waals surface area contributed by atoms with Gasteiger partial charge >= 0.3 is 0 Å². The number of aromatic nitrogens is 2. The van der Waals surface area contributed by atoms with Crippen molar-refractivity contribution in [1.82, 2.24) is 14.1 Å². The van der Waals surface area contributed by atoms with Crippen molar-refractivity contribution < 1.29 is 17.9 Å². The number of carbonyl (C=O) groups is 1. The highest BCUT2D eigenvalue weighted by Crippen LogP contribution is 2.29. The predicted molar refractivity (Wildman–Crippen MR) is 131 cm³/mol. The molecule has 1 N–H and O–H groups in total. The van der Waals surface area contributed by atoms with Gasteiger partial charge in [-0.25, -0.2) is 13.1 Å². The van der Waals surface area contributed by atoms with Gasteiger partial charge in [-0.15, -0.1) is 0 Å². The Hall–Kier alpha value is -3.17. The number of amides is 1. The first-order valence-electron chi connectivity index (χ1n) is 11.5. The maximum atomic E-state index is 13.4. The maximum absolute atomic E-state index is 13.4. The van der Waals surface area contributed by atoms with Crippen molar-refractivity contribution in [3.8, 4) is 5.75 Å². The van der Waals surface area contributed by atoms with Gasteiger partial charge in [-0.1, -0.05) is 42.7 Å². The van der Waals surface area contributed by atoms with E-state index in [0.29, 0.717) is 25.5 Å². The standard InChI is InChI=1S/C25H30N4O4S/c1-19-8-7-9-20(16-19)18-29-24(12-13-26-29)27-25(30)21-10-11-22(33-2)23(17-21)34(31,32)28-14-5-3-4-6-15-28/h7-13,16-17H,3-6,14-15,18H2,1-2H3,(H,27,30). The van der Waals surface area contributed by atoms with Crippen LogP contribution < -0.4 is 10.1 Å². The molecule has 1 aromatic heterocycles. The monoisotopic (exact) mass is 482 g/mol. The Labute approximate surface area is 200 Å². The fraction of sp³-hybridized carbons (Fsp3) is 0.360. The maximum Gasteiger partial charge on any atom is 0.256 e. The summed E-state index contributed by atoms with van der Waals surface area (Å²) in [5.41, 5.74) is 2.44. The number of carbonyl (C=O) groups excluding carboxylic acids is 1. The molecule has 1 saturated heterocycles. The molecular weight excluding hydrogens is 452 g/mol. The van der Waals surface area contributed by atoms with Crippen molar-refractivity contribution in [2.45, 2.75) is 44.0 Å². The van der Waals surface area contributed by atoms with Crippen molar-refractivity contribution in [2.75, 3.05) is 25.5 Å². The SMILES string of the molecule is COc1ccc(C(=O)Nc2ccnn2Cc2cccc(C)c2)cc1S(=O)(=O)N1CCCCCC1. The van der Waals surface area contributed by atoms with Gasteiger partial charge in [0.15, 0.2) is 0 Å². The lowest BCUT2D eigenvalue weighted by Crippen LogP contribution is -2.32. The van der Waals surface area contributed by atoms with E-state index in [1.165, 1.54) is 23.5 Å². The average Bonchev–Trinajstić information content (AvgIpc) is 3.07. The molecule has 1 amide bonds. The molecule has 0 atom stereocenters. The Kier molecular flexibility index (Phi) is 7.33. The number of rotatable bonds is 7. The van der Waals surface area contributed by atoms with E-state index in [4.69, 9.17) is 4.74 Å². The number of anilines is 1. The number of methoxy groups -OCH3 is 1. The van der Waals surface area contributed by atoms with Gasteiger partial charge in [0.05, 0.1) is 19.9 Å². The zero-order valence-corrected chi connectivity index (χ0v) is 20.3. The Morgan fingerprint density at radius 2 is 1.82 bits per heavy atom. The van der Waals surface area contributed by atoms with E-state index in [2.05, 4.69) is 16.5 Å². The lowest BCUT2D eigenvalue weighted by Gasteiger charge is -2.21. The Balaban J connectivity index is 1.57. The number of aryl methyl sites for hydroxylation is 1. The minimum atomic E-state index is -3.79. The lowest BCUT2D eigenvalue weighted by atomic mass is 10.1. The van der Waals surface area contributed by atoms with Crippen LogP contribution in [-0.4, -0.2) is 48.6 Å². The smallest absolute Gasteiger partial charge is 0.256 e. The first kappa shape index (κ1) is 24.0. The number of sulfonamides is 1. The Morgan fingerprint density at radius 1 is 1.06 bits per heavy atom. The van der Waals surface area contributed by atoms with Crippen LogP contribution in [0.5, 0.6) is 5.75 Å². The summed E-state index contributed by atoms with van der Waals surface area (Å²) in [6.07, 6.45) is 5.30. The average molecular weight is 483 g/mol. The summed E-state index contributed by atoms with van der Waals surface area (Å²) in [6.45, 7) is 3.47. The fourth-order valence-electron chi connectivity index (χ4n) is 4.18. The Bertz CT molecular complexity index is 1260. The molecule has 4 rings (SSSR count). The molecule has 2 aromatic carbocycles. The van der Waals surface area contributed by atoms with Gasteiger partial charge in [-0.2, -0.15) is 9.40 Å². The second-order valence-electron chi connectivity index (χ2n) is 8.50. The van der Waals surface area contributed by atoms with Crippen molar-refractivity contribution in [1.29, 1.82) is 0 Å². The molecule has 2 heterocycles. The molecule has 0 radical (unpaired) electrons.